The van der Waals surface area contributed by atoms with Gasteiger partial charge in [0.15, 0.2) is 0 Å². The molecule has 1 aromatic carbocycles. The lowest BCUT2D eigenvalue weighted by atomic mass is 10.1. The molecule has 0 atom stereocenters. The first kappa shape index (κ1) is 14.1. The van der Waals surface area contributed by atoms with E-state index >= 15 is 0 Å². The summed E-state index contributed by atoms with van der Waals surface area (Å²) in [5.41, 5.74) is 2.78. The molecular weight excluding hydrogens is 232 g/mol. The molecule has 0 bridgehead atoms. The monoisotopic (exact) mass is 258 g/mol. The van der Waals surface area contributed by atoms with E-state index in [1.54, 1.807) is 0 Å². The molecule has 0 saturated heterocycles. The van der Waals surface area contributed by atoms with Gasteiger partial charge in [0, 0.05) is 36.2 Å². The Balaban J connectivity index is 2.16. The molecule has 1 N–H and O–H groups in total. The summed E-state index contributed by atoms with van der Waals surface area (Å²) in [6.45, 7) is 8.72. The fourth-order valence-corrected chi connectivity index (χ4v) is 2.48. The molecule has 0 spiro atoms. The van der Waals surface area contributed by atoms with Crippen molar-refractivity contribution >= 4 is 10.9 Å². The van der Waals surface area contributed by atoms with E-state index in [-0.39, 0.29) is 0 Å². The van der Waals surface area contributed by atoms with Gasteiger partial charge in [0.25, 0.3) is 0 Å². The molecule has 104 valence electrons. The third-order valence-electron chi connectivity index (χ3n) is 3.61. The Bertz CT molecular complexity index is 511. The summed E-state index contributed by atoms with van der Waals surface area (Å²) < 4.78 is 2.39. The van der Waals surface area contributed by atoms with Crippen molar-refractivity contribution in [3.8, 4) is 0 Å². The summed E-state index contributed by atoms with van der Waals surface area (Å²) in [5.74, 6) is 0. The Morgan fingerprint density at radius 3 is 2.74 bits per heavy atom. The van der Waals surface area contributed by atoms with E-state index in [9.17, 15) is 0 Å². The predicted molar refractivity (Wildman–Crippen MR) is 83.4 cm³/mol. The fraction of sp³-hybridized carbons (Fsp3) is 0.529. The number of unbranched alkanes of at least 4 members (excludes halogenated alkanes) is 2. The molecule has 2 aromatic rings. The predicted octanol–water partition coefficient (Wildman–Crippen LogP) is 4.33. The molecule has 0 radical (unpaired) electrons. The van der Waals surface area contributed by atoms with E-state index in [0.29, 0.717) is 6.04 Å². The minimum absolute atomic E-state index is 0.530. The average molecular weight is 258 g/mol. The maximum absolute atomic E-state index is 3.51. The van der Waals surface area contributed by atoms with E-state index in [1.165, 1.54) is 35.7 Å². The molecule has 1 heterocycles. The topological polar surface area (TPSA) is 17.0 Å². The second-order valence-corrected chi connectivity index (χ2v) is 5.60. The summed E-state index contributed by atoms with van der Waals surface area (Å²) in [4.78, 5) is 0. The van der Waals surface area contributed by atoms with E-state index in [0.717, 1.165) is 13.1 Å². The number of aromatic nitrogens is 1. The first-order chi connectivity index (χ1) is 9.22. The molecular formula is C17H26N2. The van der Waals surface area contributed by atoms with Crippen molar-refractivity contribution < 1.29 is 0 Å². The number of nitrogens with zero attached hydrogens (tertiary/aromatic N) is 1. The molecule has 0 saturated carbocycles. The van der Waals surface area contributed by atoms with Gasteiger partial charge in [-0.05, 0) is 24.1 Å². The van der Waals surface area contributed by atoms with Gasteiger partial charge in [-0.3, -0.25) is 0 Å². The Morgan fingerprint density at radius 2 is 2.00 bits per heavy atom. The summed E-state index contributed by atoms with van der Waals surface area (Å²) in [5, 5.41) is 4.90. The molecule has 0 aliphatic heterocycles. The van der Waals surface area contributed by atoms with Gasteiger partial charge in [-0.25, -0.2) is 0 Å². The van der Waals surface area contributed by atoms with Crippen molar-refractivity contribution in [2.45, 2.75) is 59.2 Å². The number of rotatable bonds is 7. The molecule has 2 rings (SSSR count). The van der Waals surface area contributed by atoms with Crippen LogP contribution in [0.3, 0.4) is 0 Å². The van der Waals surface area contributed by atoms with Crippen LogP contribution in [-0.4, -0.2) is 10.6 Å². The lowest BCUT2D eigenvalue weighted by molar-refractivity contribution is 0.590. The van der Waals surface area contributed by atoms with Crippen LogP contribution in [0.2, 0.25) is 0 Å². The van der Waals surface area contributed by atoms with Gasteiger partial charge >= 0.3 is 0 Å². The molecule has 2 nitrogen and oxygen atoms in total. The zero-order chi connectivity index (χ0) is 13.7. The van der Waals surface area contributed by atoms with Crippen LogP contribution in [-0.2, 0) is 13.1 Å². The van der Waals surface area contributed by atoms with Gasteiger partial charge in [-0.1, -0.05) is 45.7 Å². The van der Waals surface area contributed by atoms with Gasteiger partial charge in [0.1, 0.15) is 0 Å². The standard InChI is InChI=1S/C17H26N2/c1-4-5-6-11-19-12-10-16-15(13-18-14(2)3)8-7-9-17(16)19/h7-10,12,14,18H,4-6,11,13H2,1-3H3. The van der Waals surface area contributed by atoms with Gasteiger partial charge in [0.2, 0.25) is 0 Å². The Hall–Kier alpha value is -1.28. The SMILES string of the molecule is CCCCCn1ccc2c(CNC(C)C)cccc21. The molecule has 2 heteroatoms. The quantitative estimate of drug-likeness (QED) is 0.731. The van der Waals surface area contributed by atoms with Gasteiger partial charge in [-0.2, -0.15) is 0 Å². The van der Waals surface area contributed by atoms with Gasteiger partial charge in [-0.15, -0.1) is 0 Å². The largest absolute Gasteiger partial charge is 0.347 e. The minimum Gasteiger partial charge on any atom is -0.347 e. The van der Waals surface area contributed by atoms with E-state index in [4.69, 9.17) is 0 Å². The van der Waals surface area contributed by atoms with Crippen molar-refractivity contribution in [1.29, 1.82) is 0 Å². The highest BCUT2D eigenvalue weighted by atomic mass is 15.0. The van der Waals surface area contributed by atoms with Crippen LogP contribution in [0.4, 0.5) is 0 Å². The van der Waals surface area contributed by atoms with Crippen LogP contribution in [0.15, 0.2) is 30.5 Å². The summed E-state index contributed by atoms with van der Waals surface area (Å²) in [6, 6.07) is 9.44. The third-order valence-corrected chi connectivity index (χ3v) is 3.61. The number of benzene rings is 1. The molecule has 0 unspecified atom stereocenters. The first-order valence-electron chi connectivity index (χ1n) is 7.52. The van der Waals surface area contributed by atoms with E-state index in [1.807, 2.05) is 0 Å². The van der Waals surface area contributed by atoms with Crippen LogP contribution >= 0.6 is 0 Å². The average Bonchev–Trinajstić information content (AvgIpc) is 2.80. The molecule has 0 aliphatic rings. The molecule has 0 amide bonds. The minimum atomic E-state index is 0.530. The third kappa shape index (κ3) is 3.60. The maximum atomic E-state index is 3.51. The maximum Gasteiger partial charge on any atom is 0.0483 e. The zero-order valence-corrected chi connectivity index (χ0v) is 12.4. The van der Waals surface area contributed by atoms with E-state index in [2.05, 4.69) is 61.1 Å². The number of hydrogen-bond acceptors (Lipinski definition) is 1. The molecule has 1 aromatic heterocycles. The Morgan fingerprint density at radius 1 is 1.16 bits per heavy atom. The van der Waals surface area contributed by atoms with Crippen molar-refractivity contribution in [3.05, 3.63) is 36.0 Å². The van der Waals surface area contributed by atoms with Gasteiger partial charge < -0.3 is 9.88 Å². The zero-order valence-electron chi connectivity index (χ0n) is 12.4. The summed E-state index contributed by atoms with van der Waals surface area (Å²) >= 11 is 0. The number of aryl methyl sites for hydroxylation is 1. The van der Waals surface area contributed by atoms with Crippen molar-refractivity contribution in [3.63, 3.8) is 0 Å². The highest BCUT2D eigenvalue weighted by Crippen LogP contribution is 2.21. The van der Waals surface area contributed by atoms with Crippen molar-refractivity contribution in [2.24, 2.45) is 0 Å². The smallest absolute Gasteiger partial charge is 0.0483 e. The first-order valence-corrected chi connectivity index (χ1v) is 7.52. The summed E-state index contributed by atoms with van der Waals surface area (Å²) in [7, 11) is 0. The van der Waals surface area contributed by atoms with Crippen LogP contribution in [0.25, 0.3) is 10.9 Å². The number of fused-ring (bicyclic) bond motifs is 1. The van der Waals surface area contributed by atoms with Crippen molar-refractivity contribution in [1.82, 2.24) is 9.88 Å². The highest BCUT2D eigenvalue weighted by Gasteiger charge is 2.05. The van der Waals surface area contributed by atoms with E-state index < -0.39 is 0 Å². The van der Waals surface area contributed by atoms with Crippen LogP contribution < -0.4 is 5.32 Å². The Kier molecular flexibility index (Phi) is 5.03. The molecule has 19 heavy (non-hydrogen) atoms. The van der Waals surface area contributed by atoms with Crippen molar-refractivity contribution in [2.75, 3.05) is 0 Å². The lowest BCUT2D eigenvalue weighted by Gasteiger charge is -2.10. The van der Waals surface area contributed by atoms with Gasteiger partial charge in [0.05, 0.1) is 0 Å². The van der Waals surface area contributed by atoms with Crippen LogP contribution in [0.5, 0.6) is 0 Å². The molecule has 0 aliphatic carbocycles. The molecule has 0 fully saturated rings. The number of hydrogen-bond donors (Lipinski definition) is 1. The highest BCUT2D eigenvalue weighted by molar-refractivity contribution is 5.83. The summed E-state index contributed by atoms with van der Waals surface area (Å²) in [6.07, 6.45) is 6.10. The van der Waals surface area contributed by atoms with Crippen LogP contribution in [0, 0.1) is 0 Å². The Labute approximate surface area is 116 Å². The second kappa shape index (κ2) is 6.76. The lowest BCUT2D eigenvalue weighted by Crippen LogP contribution is -2.21. The second-order valence-electron chi connectivity index (χ2n) is 5.60. The number of nitrogens with one attached hydrogen (secondary N) is 1. The van der Waals surface area contributed by atoms with Crippen LogP contribution in [0.1, 0.15) is 45.6 Å². The fourth-order valence-electron chi connectivity index (χ4n) is 2.48. The normalized spacial score (nSPS) is 11.6.